The highest BCUT2D eigenvalue weighted by molar-refractivity contribution is 7.89. The number of rotatable bonds is 6. The van der Waals surface area contributed by atoms with Crippen LogP contribution in [0.4, 0.5) is 5.82 Å². The van der Waals surface area contributed by atoms with E-state index in [-0.39, 0.29) is 17.3 Å². The molecule has 0 saturated carbocycles. The highest BCUT2D eigenvalue weighted by atomic mass is 32.2. The van der Waals surface area contributed by atoms with E-state index >= 15 is 0 Å². The van der Waals surface area contributed by atoms with Gasteiger partial charge in [0.05, 0.1) is 12.3 Å². The van der Waals surface area contributed by atoms with Crippen LogP contribution in [0.15, 0.2) is 11.1 Å². The maximum atomic E-state index is 11.6. The van der Waals surface area contributed by atoms with Crippen molar-refractivity contribution in [2.45, 2.75) is 30.8 Å². The first-order valence-electron chi connectivity index (χ1n) is 4.90. The van der Waals surface area contributed by atoms with E-state index in [2.05, 4.69) is 14.9 Å². The van der Waals surface area contributed by atoms with Gasteiger partial charge in [-0.2, -0.15) is 5.10 Å². The first kappa shape index (κ1) is 12.9. The molecule has 0 aliphatic heterocycles. The summed E-state index contributed by atoms with van der Waals surface area (Å²) in [6.45, 7) is 1.92. The number of H-pyrrole nitrogens is 1. The molecule has 0 radical (unpaired) electrons. The molecule has 1 aromatic rings. The second-order valence-corrected chi connectivity index (χ2v) is 5.27. The topological polar surface area (TPSA) is 121 Å². The van der Waals surface area contributed by atoms with Gasteiger partial charge in [-0.05, 0) is 19.8 Å². The molecular weight excluding hydrogens is 232 g/mol. The van der Waals surface area contributed by atoms with E-state index in [0.717, 1.165) is 6.20 Å². The average Bonchev–Trinajstić information content (AvgIpc) is 2.59. The fourth-order valence-electron chi connectivity index (χ4n) is 1.18. The van der Waals surface area contributed by atoms with Gasteiger partial charge in [0.1, 0.15) is 10.7 Å². The second-order valence-electron chi connectivity index (χ2n) is 3.54. The van der Waals surface area contributed by atoms with Crippen LogP contribution in [-0.4, -0.2) is 36.4 Å². The molecule has 1 unspecified atom stereocenters. The Morgan fingerprint density at radius 2 is 2.38 bits per heavy atom. The van der Waals surface area contributed by atoms with Crippen molar-refractivity contribution in [3.05, 3.63) is 6.20 Å². The Hall–Kier alpha value is -1.12. The molecule has 0 aromatic carbocycles. The predicted octanol–water partition coefficient (Wildman–Crippen LogP) is -0.569. The molecule has 1 aromatic heterocycles. The van der Waals surface area contributed by atoms with Crippen molar-refractivity contribution in [1.82, 2.24) is 14.9 Å². The Kier molecular flexibility index (Phi) is 4.27. The fraction of sp³-hybridized carbons (Fsp3) is 0.625. The summed E-state index contributed by atoms with van der Waals surface area (Å²) in [5.41, 5.74) is 5.40. The lowest BCUT2D eigenvalue weighted by atomic mass is 10.2. The smallest absolute Gasteiger partial charge is 0.245 e. The molecule has 16 heavy (non-hydrogen) atoms. The van der Waals surface area contributed by atoms with Gasteiger partial charge in [0.15, 0.2) is 0 Å². The first-order chi connectivity index (χ1) is 7.43. The number of nitrogens with two attached hydrogens (primary N) is 1. The monoisotopic (exact) mass is 248 g/mol. The molecule has 5 N–H and O–H groups in total. The van der Waals surface area contributed by atoms with Crippen LogP contribution in [0.3, 0.4) is 0 Å². The van der Waals surface area contributed by atoms with E-state index < -0.39 is 16.1 Å². The third-order valence-electron chi connectivity index (χ3n) is 2.01. The van der Waals surface area contributed by atoms with Crippen LogP contribution < -0.4 is 10.5 Å². The molecule has 0 aliphatic carbocycles. The normalized spacial score (nSPS) is 13.9. The van der Waals surface area contributed by atoms with Crippen LogP contribution in [0.1, 0.15) is 19.8 Å². The maximum Gasteiger partial charge on any atom is 0.245 e. The van der Waals surface area contributed by atoms with Gasteiger partial charge in [0.2, 0.25) is 10.0 Å². The minimum atomic E-state index is -3.60. The van der Waals surface area contributed by atoms with Gasteiger partial charge in [-0.25, -0.2) is 13.1 Å². The highest BCUT2D eigenvalue weighted by Gasteiger charge is 2.18. The zero-order valence-corrected chi connectivity index (χ0v) is 9.79. The summed E-state index contributed by atoms with van der Waals surface area (Å²) in [4.78, 5) is -0.0513. The van der Waals surface area contributed by atoms with Gasteiger partial charge in [-0.3, -0.25) is 5.10 Å². The van der Waals surface area contributed by atoms with E-state index in [0.29, 0.717) is 12.8 Å². The summed E-state index contributed by atoms with van der Waals surface area (Å²) < 4.78 is 25.7. The van der Waals surface area contributed by atoms with Gasteiger partial charge in [0.25, 0.3) is 0 Å². The number of aromatic amines is 1. The van der Waals surface area contributed by atoms with E-state index in [9.17, 15) is 8.42 Å². The first-order valence-corrected chi connectivity index (χ1v) is 6.38. The van der Waals surface area contributed by atoms with Crippen molar-refractivity contribution in [1.29, 1.82) is 0 Å². The lowest BCUT2D eigenvalue weighted by Gasteiger charge is -2.06. The lowest BCUT2D eigenvalue weighted by Crippen LogP contribution is -2.25. The number of nitrogen functional groups attached to an aromatic ring is 1. The molecule has 0 fully saturated rings. The van der Waals surface area contributed by atoms with Crippen molar-refractivity contribution in [2.75, 3.05) is 12.3 Å². The second kappa shape index (κ2) is 5.28. The molecular formula is C8H16N4O3S. The summed E-state index contributed by atoms with van der Waals surface area (Å²) in [6.07, 6.45) is 1.84. The van der Waals surface area contributed by atoms with E-state index in [1.807, 2.05) is 0 Å². The SMILES string of the molecule is CC(O)CCCNS(=O)(=O)c1cn[nH]c1N. The van der Waals surface area contributed by atoms with Crippen molar-refractivity contribution < 1.29 is 13.5 Å². The van der Waals surface area contributed by atoms with Crippen LogP contribution in [0.25, 0.3) is 0 Å². The molecule has 7 nitrogen and oxygen atoms in total. The summed E-state index contributed by atoms with van der Waals surface area (Å²) in [5, 5.41) is 14.9. The van der Waals surface area contributed by atoms with Crippen molar-refractivity contribution in [2.24, 2.45) is 0 Å². The Balaban J connectivity index is 2.51. The molecule has 0 bridgehead atoms. The fourth-order valence-corrected chi connectivity index (χ4v) is 2.28. The van der Waals surface area contributed by atoms with E-state index in [4.69, 9.17) is 10.8 Å². The van der Waals surface area contributed by atoms with Crippen molar-refractivity contribution >= 4 is 15.8 Å². The summed E-state index contributed by atoms with van der Waals surface area (Å²) in [6, 6.07) is 0. The zero-order chi connectivity index (χ0) is 12.2. The van der Waals surface area contributed by atoms with Crippen LogP contribution in [0.2, 0.25) is 0 Å². The minimum absolute atomic E-state index is 0.0167. The number of aromatic nitrogens is 2. The van der Waals surface area contributed by atoms with Gasteiger partial charge >= 0.3 is 0 Å². The van der Waals surface area contributed by atoms with Crippen LogP contribution in [0.5, 0.6) is 0 Å². The molecule has 0 amide bonds. The molecule has 92 valence electrons. The number of aliphatic hydroxyl groups is 1. The number of aliphatic hydroxyl groups excluding tert-OH is 1. The number of nitrogens with zero attached hydrogens (tertiary/aromatic N) is 1. The highest BCUT2D eigenvalue weighted by Crippen LogP contribution is 2.13. The van der Waals surface area contributed by atoms with Gasteiger partial charge in [-0.15, -0.1) is 0 Å². The Morgan fingerprint density at radius 1 is 1.69 bits per heavy atom. The number of anilines is 1. The third-order valence-corrected chi connectivity index (χ3v) is 3.50. The predicted molar refractivity (Wildman–Crippen MR) is 59.1 cm³/mol. The molecule has 1 atom stereocenters. The maximum absolute atomic E-state index is 11.6. The summed E-state index contributed by atoms with van der Waals surface area (Å²) >= 11 is 0. The number of sulfonamides is 1. The van der Waals surface area contributed by atoms with Crippen LogP contribution in [0, 0.1) is 0 Å². The van der Waals surface area contributed by atoms with Crippen LogP contribution in [-0.2, 0) is 10.0 Å². The van der Waals surface area contributed by atoms with Crippen molar-refractivity contribution in [3.8, 4) is 0 Å². The standard InChI is InChI=1S/C8H16N4O3S/c1-6(13)3-2-4-11-16(14,15)7-5-10-12-8(7)9/h5-6,11,13H,2-4H2,1H3,(H3,9,10,12). The molecule has 1 rings (SSSR count). The molecule has 0 spiro atoms. The van der Waals surface area contributed by atoms with Gasteiger partial charge < -0.3 is 10.8 Å². The molecule has 0 saturated heterocycles. The van der Waals surface area contributed by atoms with Gasteiger partial charge in [0, 0.05) is 6.54 Å². The van der Waals surface area contributed by atoms with Crippen molar-refractivity contribution in [3.63, 3.8) is 0 Å². The largest absolute Gasteiger partial charge is 0.393 e. The minimum Gasteiger partial charge on any atom is -0.393 e. The molecule has 1 heterocycles. The average molecular weight is 248 g/mol. The van der Waals surface area contributed by atoms with E-state index in [1.165, 1.54) is 0 Å². The Labute approximate surface area is 94.1 Å². The Morgan fingerprint density at radius 3 is 2.88 bits per heavy atom. The van der Waals surface area contributed by atoms with Gasteiger partial charge in [-0.1, -0.05) is 0 Å². The number of nitrogens with one attached hydrogen (secondary N) is 2. The summed E-state index contributed by atoms with van der Waals surface area (Å²) in [7, 11) is -3.60. The molecule has 0 aliphatic rings. The third kappa shape index (κ3) is 3.47. The lowest BCUT2D eigenvalue weighted by molar-refractivity contribution is 0.182. The number of hydrogen-bond donors (Lipinski definition) is 4. The van der Waals surface area contributed by atoms with Crippen LogP contribution >= 0.6 is 0 Å². The van der Waals surface area contributed by atoms with E-state index in [1.54, 1.807) is 6.92 Å². The number of hydrogen-bond acceptors (Lipinski definition) is 5. The Bertz CT molecular complexity index is 426. The zero-order valence-electron chi connectivity index (χ0n) is 8.97. The quantitative estimate of drug-likeness (QED) is 0.502. The summed E-state index contributed by atoms with van der Waals surface area (Å²) in [5.74, 6) is 0.0167. The molecule has 8 heteroatoms.